The Kier molecular flexibility index (Phi) is 7.45. The average Bonchev–Trinajstić information content (AvgIpc) is 3.91. The first-order valence-electron chi connectivity index (χ1n) is 16.4. The summed E-state index contributed by atoms with van der Waals surface area (Å²) in [4.78, 5) is 14.5. The molecule has 8 nitrogen and oxygen atoms in total. The fourth-order valence-electron chi connectivity index (χ4n) is 7.54. The van der Waals surface area contributed by atoms with Crippen LogP contribution in [-0.2, 0) is 41.1 Å². The van der Waals surface area contributed by atoms with E-state index in [0.29, 0.717) is 12.5 Å². The number of nitrogens with zero attached hydrogens (tertiary/aromatic N) is 3. The predicted octanol–water partition coefficient (Wildman–Crippen LogP) is 7.37. The van der Waals surface area contributed by atoms with Gasteiger partial charge in [0.1, 0.15) is 17.0 Å². The number of aromatic nitrogens is 2. The molecule has 1 aliphatic heterocycles. The van der Waals surface area contributed by atoms with Gasteiger partial charge in [0.2, 0.25) is 5.88 Å². The topological polar surface area (TPSA) is 97.6 Å². The van der Waals surface area contributed by atoms with E-state index in [2.05, 4.69) is 25.6 Å². The van der Waals surface area contributed by atoms with Gasteiger partial charge in [0.05, 0.1) is 12.2 Å². The van der Waals surface area contributed by atoms with Gasteiger partial charge >= 0.3 is 6.03 Å². The Morgan fingerprint density at radius 3 is 1.91 bits per heavy atom. The number of rotatable bonds is 7. The van der Waals surface area contributed by atoms with E-state index in [1.165, 1.54) is 28.5 Å². The molecule has 1 aromatic heterocycles. The van der Waals surface area contributed by atoms with Crippen molar-refractivity contribution in [2.24, 2.45) is 4.36 Å². The summed E-state index contributed by atoms with van der Waals surface area (Å²) < 4.78 is 31.8. The third-order valence-corrected chi connectivity index (χ3v) is 11.6. The molecule has 0 radical (unpaired) electrons. The molecule has 0 saturated heterocycles. The standard InChI is InChI=1S/C38H37N5O3S/c1-26-25-46-36-34(24-39-43(26)36)47(45,41-37(44)40-35-32-21-11-13-27(32)23-28-14-12-22-33(28)35)42-38(29-15-5-2-6-16-29,30-17-7-3-8-18-30)31-19-9-4-10-20-31/h2-10,15-20,23-24,26H,11-14,21-22,25H2,1H3,(H2,40,41,42,44,45)/t26-,47-/m0/s1. The van der Waals surface area contributed by atoms with Crippen LogP contribution in [0.5, 0.6) is 5.88 Å². The molecule has 3 aliphatic rings. The van der Waals surface area contributed by atoms with Crippen LogP contribution in [0.15, 0.2) is 113 Å². The van der Waals surface area contributed by atoms with Gasteiger partial charge in [-0.1, -0.05) is 97.1 Å². The highest BCUT2D eigenvalue weighted by Crippen LogP contribution is 2.42. The summed E-state index contributed by atoms with van der Waals surface area (Å²) in [5.74, 6) is 0.358. The van der Waals surface area contributed by atoms with Crippen LogP contribution in [0.2, 0.25) is 0 Å². The minimum Gasteiger partial charge on any atom is -0.475 e. The van der Waals surface area contributed by atoms with E-state index in [-0.39, 0.29) is 10.9 Å². The second-order valence-electron chi connectivity index (χ2n) is 12.7. The number of amides is 2. The zero-order chi connectivity index (χ0) is 32.0. The van der Waals surface area contributed by atoms with Gasteiger partial charge in [-0.2, -0.15) is 5.10 Å². The number of aryl methyl sites for hydroxylation is 2. The molecule has 238 valence electrons. The molecule has 0 unspecified atom stereocenters. The predicted molar refractivity (Wildman–Crippen MR) is 183 cm³/mol. The Morgan fingerprint density at radius 2 is 1.38 bits per heavy atom. The van der Waals surface area contributed by atoms with Crippen molar-refractivity contribution in [2.45, 2.75) is 61.9 Å². The summed E-state index contributed by atoms with van der Waals surface area (Å²) in [7, 11) is -3.77. The van der Waals surface area contributed by atoms with E-state index in [9.17, 15) is 4.79 Å². The molecule has 0 fully saturated rings. The van der Waals surface area contributed by atoms with Crippen LogP contribution in [0.4, 0.5) is 10.5 Å². The number of nitrogens with one attached hydrogen (secondary N) is 2. The molecule has 2 aliphatic carbocycles. The quantitative estimate of drug-likeness (QED) is 0.181. The lowest BCUT2D eigenvalue weighted by Gasteiger charge is -2.37. The molecule has 0 spiro atoms. The van der Waals surface area contributed by atoms with Gasteiger partial charge in [0, 0.05) is 5.69 Å². The molecule has 2 heterocycles. The molecule has 47 heavy (non-hydrogen) atoms. The van der Waals surface area contributed by atoms with E-state index >= 15 is 4.21 Å². The third-order valence-electron chi connectivity index (χ3n) is 9.72. The maximum absolute atomic E-state index is 15.8. The smallest absolute Gasteiger partial charge is 0.354 e. The van der Waals surface area contributed by atoms with Crippen molar-refractivity contribution >= 4 is 21.6 Å². The first-order valence-corrected chi connectivity index (χ1v) is 17.9. The lowest BCUT2D eigenvalue weighted by molar-refractivity contribution is 0.260. The average molecular weight is 644 g/mol. The number of anilines is 1. The van der Waals surface area contributed by atoms with Gasteiger partial charge < -0.3 is 10.1 Å². The van der Waals surface area contributed by atoms with Gasteiger partial charge in [0.25, 0.3) is 0 Å². The van der Waals surface area contributed by atoms with Gasteiger partial charge in [-0.3, -0.25) is 0 Å². The molecule has 2 atom stereocenters. The molecule has 5 aromatic rings. The molecule has 2 amide bonds. The van der Waals surface area contributed by atoms with Crippen molar-refractivity contribution in [3.63, 3.8) is 0 Å². The Balaban J connectivity index is 1.34. The highest BCUT2D eigenvalue weighted by molar-refractivity contribution is 7.92. The molecule has 0 bridgehead atoms. The van der Waals surface area contributed by atoms with Gasteiger partial charge in [-0.05, 0) is 84.4 Å². The van der Waals surface area contributed by atoms with E-state index in [4.69, 9.17) is 4.74 Å². The fourth-order valence-corrected chi connectivity index (χ4v) is 9.42. The van der Waals surface area contributed by atoms with E-state index in [1.54, 1.807) is 4.68 Å². The highest BCUT2D eigenvalue weighted by Gasteiger charge is 2.42. The summed E-state index contributed by atoms with van der Waals surface area (Å²) in [6.45, 7) is 2.38. The van der Waals surface area contributed by atoms with Crippen molar-refractivity contribution in [3.05, 3.63) is 142 Å². The summed E-state index contributed by atoms with van der Waals surface area (Å²) in [6, 6.07) is 31.3. The molecule has 8 rings (SSSR count). The molecule has 2 N–H and O–H groups in total. The summed E-state index contributed by atoms with van der Waals surface area (Å²) in [6.07, 6.45) is 7.48. The van der Waals surface area contributed by atoms with E-state index in [0.717, 1.165) is 60.9 Å². The monoisotopic (exact) mass is 643 g/mol. The third kappa shape index (κ3) is 5.05. The van der Waals surface area contributed by atoms with E-state index < -0.39 is 21.5 Å². The maximum Gasteiger partial charge on any atom is 0.354 e. The van der Waals surface area contributed by atoms with Gasteiger partial charge in [-0.25, -0.2) is 18.4 Å². The van der Waals surface area contributed by atoms with Crippen LogP contribution in [0, 0.1) is 0 Å². The SMILES string of the molecule is C[C@H]1COc2c([S@](=O)(=NC(=O)Nc3c4c(cc5c3CCC5)CCC4)NC(c3ccccc3)(c3ccccc3)c3ccccc3)cnn21. The second kappa shape index (κ2) is 11.8. The van der Waals surface area contributed by atoms with Crippen LogP contribution in [-0.4, -0.2) is 26.6 Å². The minimum absolute atomic E-state index is 0.0483. The highest BCUT2D eigenvalue weighted by atomic mass is 32.2. The molecule has 4 aromatic carbocycles. The van der Waals surface area contributed by atoms with Crippen LogP contribution in [0.3, 0.4) is 0 Å². The maximum atomic E-state index is 15.8. The number of fused-ring (bicyclic) bond motifs is 3. The Bertz CT molecular complexity index is 1960. The zero-order valence-electron chi connectivity index (χ0n) is 26.3. The van der Waals surface area contributed by atoms with Gasteiger partial charge in [0.15, 0.2) is 9.92 Å². The summed E-state index contributed by atoms with van der Waals surface area (Å²) in [5, 5.41) is 7.71. The van der Waals surface area contributed by atoms with E-state index in [1.807, 2.05) is 97.9 Å². The number of carbonyl (C=O) groups is 1. The molecular weight excluding hydrogens is 607 g/mol. The minimum atomic E-state index is -3.77. The number of hydrogen-bond donors (Lipinski definition) is 2. The number of ether oxygens (including phenoxy) is 1. The fraction of sp³-hybridized carbons (Fsp3) is 0.263. The second-order valence-corrected chi connectivity index (χ2v) is 14.5. The van der Waals surface area contributed by atoms with Crippen LogP contribution < -0.4 is 14.8 Å². The largest absolute Gasteiger partial charge is 0.475 e. The van der Waals surface area contributed by atoms with Crippen LogP contribution >= 0.6 is 0 Å². The molecule has 0 saturated carbocycles. The number of carbonyl (C=O) groups excluding carboxylic acids is 1. The Morgan fingerprint density at radius 1 is 0.851 bits per heavy atom. The number of benzene rings is 4. The number of hydrogen-bond acceptors (Lipinski definition) is 4. The molecular formula is C38H37N5O3S. The lowest BCUT2D eigenvalue weighted by Crippen LogP contribution is -2.48. The van der Waals surface area contributed by atoms with Crippen molar-refractivity contribution < 1.29 is 13.7 Å². The lowest BCUT2D eigenvalue weighted by atomic mass is 9.78. The van der Waals surface area contributed by atoms with Crippen molar-refractivity contribution in [3.8, 4) is 5.88 Å². The van der Waals surface area contributed by atoms with Crippen LogP contribution in [0.25, 0.3) is 0 Å². The summed E-state index contributed by atoms with van der Waals surface area (Å²) >= 11 is 0. The summed E-state index contributed by atoms with van der Waals surface area (Å²) in [5.41, 5.74) is 7.19. The first-order chi connectivity index (χ1) is 23.0. The van der Waals surface area contributed by atoms with Gasteiger partial charge in [-0.15, -0.1) is 4.36 Å². The first kappa shape index (κ1) is 29.7. The van der Waals surface area contributed by atoms with Crippen molar-refractivity contribution in [1.82, 2.24) is 14.5 Å². The number of urea groups is 1. The molecule has 9 heteroatoms. The normalized spacial score (nSPS) is 17.7. The van der Waals surface area contributed by atoms with Crippen molar-refractivity contribution in [1.29, 1.82) is 0 Å². The van der Waals surface area contributed by atoms with Crippen molar-refractivity contribution in [2.75, 3.05) is 11.9 Å². The Hall–Kier alpha value is -4.73. The zero-order valence-corrected chi connectivity index (χ0v) is 27.1. The van der Waals surface area contributed by atoms with Crippen LogP contribution in [0.1, 0.15) is 64.8 Å². The Labute approximate surface area is 275 Å².